The van der Waals surface area contributed by atoms with E-state index in [1.165, 1.54) is 48.5 Å². The van der Waals surface area contributed by atoms with Gasteiger partial charge in [-0.3, -0.25) is 9.59 Å². The summed E-state index contributed by atoms with van der Waals surface area (Å²) in [6.07, 6.45) is 2.28. The van der Waals surface area contributed by atoms with Crippen molar-refractivity contribution in [2.75, 3.05) is 38.5 Å². The molecule has 0 spiro atoms. The quantitative estimate of drug-likeness (QED) is 0.335. The number of sulfonamides is 1. The normalized spacial score (nSPS) is 16.0. The van der Waals surface area contributed by atoms with Crippen LogP contribution in [0.2, 0.25) is 0 Å². The van der Waals surface area contributed by atoms with Crippen LogP contribution in [-0.4, -0.2) is 69.9 Å². The first kappa shape index (κ1) is 30.7. The molecule has 1 saturated heterocycles. The van der Waals surface area contributed by atoms with Gasteiger partial charge in [0.1, 0.15) is 11.9 Å². The minimum Gasteiger partial charge on any atom is -0.340 e. The molecule has 2 aromatic carbocycles. The molecule has 39 heavy (non-hydrogen) atoms. The summed E-state index contributed by atoms with van der Waals surface area (Å²) >= 11 is 0. The molecule has 1 atom stereocenters. The van der Waals surface area contributed by atoms with Crippen LogP contribution in [0.15, 0.2) is 53.4 Å². The third-order valence-electron chi connectivity index (χ3n) is 6.56. The Morgan fingerprint density at radius 2 is 1.64 bits per heavy atom. The molecule has 9 nitrogen and oxygen atoms in total. The molecule has 0 unspecified atom stereocenters. The first-order valence-corrected chi connectivity index (χ1v) is 14.7. The number of benzene rings is 2. The lowest BCUT2D eigenvalue weighted by Crippen LogP contribution is -2.46. The summed E-state index contributed by atoms with van der Waals surface area (Å²) in [6, 6.07) is 10.2. The third-order valence-corrected chi connectivity index (χ3v) is 8.33. The fraction of sp³-hybridized carbons (Fsp3) is 0.500. The van der Waals surface area contributed by atoms with Gasteiger partial charge in [-0.1, -0.05) is 0 Å². The van der Waals surface area contributed by atoms with Gasteiger partial charge in [0.15, 0.2) is 0 Å². The van der Waals surface area contributed by atoms with E-state index in [0.29, 0.717) is 12.1 Å². The highest BCUT2D eigenvalue weighted by molar-refractivity contribution is 7.89. The number of hydrogen-bond acceptors (Lipinski definition) is 6. The van der Waals surface area contributed by atoms with Crippen molar-refractivity contribution in [3.05, 3.63) is 59.9 Å². The second-order valence-electron chi connectivity index (χ2n) is 11.0. The zero-order valence-corrected chi connectivity index (χ0v) is 23.9. The summed E-state index contributed by atoms with van der Waals surface area (Å²) in [5.74, 6) is -1.06. The second-order valence-corrected chi connectivity index (χ2v) is 12.7. The van der Waals surface area contributed by atoms with Gasteiger partial charge >= 0.3 is 0 Å². The maximum absolute atomic E-state index is 13.3. The maximum atomic E-state index is 13.3. The molecule has 0 bridgehead atoms. The van der Waals surface area contributed by atoms with Crippen LogP contribution < -0.4 is 20.7 Å². The predicted molar refractivity (Wildman–Crippen MR) is 151 cm³/mol. The van der Waals surface area contributed by atoms with Gasteiger partial charge in [0.05, 0.1) is 4.90 Å². The number of piperidine rings is 1. The molecule has 0 radical (unpaired) electrons. The van der Waals surface area contributed by atoms with Crippen molar-refractivity contribution in [3.8, 4) is 0 Å². The first-order valence-electron chi connectivity index (χ1n) is 13.2. The van der Waals surface area contributed by atoms with Crippen molar-refractivity contribution in [1.29, 1.82) is 0 Å². The molecule has 3 rings (SSSR count). The average molecular weight is 562 g/mol. The largest absolute Gasteiger partial charge is 0.340 e. The summed E-state index contributed by atoms with van der Waals surface area (Å²) < 4.78 is 41.1. The van der Waals surface area contributed by atoms with Crippen LogP contribution in [0, 0.1) is 11.7 Å². The number of anilines is 1. The fourth-order valence-electron chi connectivity index (χ4n) is 4.53. The van der Waals surface area contributed by atoms with E-state index in [4.69, 9.17) is 0 Å². The van der Waals surface area contributed by atoms with Crippen molar-refractivity contribution >= 4 is 27.5 Å². The monoisotopic (exact) mass is 561 g/mol. The number of amides is 2. The number of rotatable bonds is 11. The van der Waals surface area contributed by atoms with E-state index in [1.807, 2.05) is 7.05 Å². The van der Waals surface area contributed by atoms with E-state index in [0.717, 1.165) is 39.0 Å². The highest BCUT2D eigenvalue weighted by atomic mass is 32.2. The van der Waals surface area contributed by atoms with Gasteiger partial charge in [0.2, 0.25) is 15.9 Å². The van der Waals surface area contributed by atoms with Gasteiger partial charge in [-0.15, -0.1) is 0 Å². The van der Waals surface area contributed by atoms with E-state index in [-0.39, 0.29) is 16.4 Å². The highest BCUT2D eigenvalue weighted by Crippen LogP contribution is 2.23. The molecule has 2 aromatic rings. The van der Waals surface area contributed by atoms with Crippen molar-refractivity contribution in [2.24, 2.45) is 5.92 Å². The first-order chi connectivity index (χ1) is 18.4. The SMILES string of the molecule is CNCCN1CCC(C[C@H](NC(=O)c2ccc(F)cc2)C(=O)Nc2ccc(S(=O)(=O)NC(C)(C)C)cc2)CC1. The molecule has 1 heterocycles. The molecular weight excluding hydrogens is 521 g/mol. The van der Waals surface area contributed by atoms with Gasteiger partial charge < -0.3 is 20.9 Å². The second kappa shape index (κ2) is 13.5. The number of likely N-dealkylation sites (N-methyl/N-ethyl adjacent to an activating group) is 1. The molecule has 0 aromatic heterocycles. The Kier molecular flexibility index (Phi) is 10.6. The molecule has 214 valence electrons. The van der Waals surface area contributed by atoms with Crippen molar-refractivity contribution < 1.29 is 22.4 Å². The smallest absolute Gasteiger partial charge is 0.251 e. The Morgan fingerprint density at radius 1 is 1.03 bits per heavy atom. The third kappa shape index (κ3) is 9.68. The van der Waals surface area contributed by atoms with Gasteiger partial charge in [0.25, 0.3) is 5.91 Å². The van der Waals surface area contributed by atoms with Gasteiger partial charge in [-0.25, -0.2) is 17.5 Å². The van der Waals surface area contributed by atoms with Crippen LogP contribution >= 0.6 is 0 Å². The topological polar surface area (TPSA) is 120 Å². The van der Waals surface area contributed by atoms with Gasteiger partial charge in [-0.2, -0.15) is 0 Å². The van der Waals surface area contributed by atoms with Crippen LogP contribution in [0.25, 0.3) is 0 Å². The molecule has 1 aliphatic rings. The van der Waals surface area contributed by atoms with Crippen molar-refractivity contribution in [2.45, 2.75) is 56.5 Å². The lowest BCUT2D eigenvalue weighted by Gasteiger charge is -2.33. The summed E-state index contributed by atoms with van der Waals surface area (Å²) in [6.45, 7) is 8.99. The molecule has 1 aliphatic heterocycles. The van der Waals surface area contributed by atoms with E-state index in [9.17, 15) is 22.4 Å². The molecule has 1 fully saturated rings. The number of nitrogens with one attached hydrogen (secondary N) is 4. The Labute approximate surface area is 231 Å². The Balaban J connectivity index is 1.70. The fourth-order valence-corrected chi connectivity index (χ4v) is 5.95. The van der Waals surface area contributed by atoms with Crippen molar-refractivity contribution in [3.63, 3.8) is 0 Å². The Hall–Kier alpha value is -2.86. The number of carbonyl (C=O) groups excluding carboxylic acids is 2. The average Bonchev–Trinajstić information content (AvgIpc) is 2.87. The minimum atomic E-state index is -3.71. The van der Waals surface area contributed by atoms with Crippen LogP contribution in [0.5, 0.6) is 0 Å². The zero-order chi connectivity index (χ0) is 28.6. The van der Waals surface area contributed by atoms with Crippen LogP contribution in [0.1, 0.15) is 50.4 Å². The molecule has 0 saturated carbocycles. The number of halogens is 1. The van der Waals surface area contributed by atoms with Gasteiger partial charge in [0, 0.05) is 29.9 Å². The van der Waals surface area contributed by atoms with E-state index in [1.54, 1.807) is 20.8 Å². The number of hydrogen-bond donors (Lipinski definition) is 4. The molecule has 2 amide bonds. The summed E-state index contributed by atoms with van der Waals surface area (Å²) in [5.41, 5.74) is 0.0414. The lowest BCUT2D eigenvalue weighted by atomic mass is 9.89. The van der Waals surface area contributed by atoms with Crippen LogP contribution in [0.3, 0.4) is 0 Å². The molecule has 0 aliphatic carbocycles. The Morgan fingerprint density at radius 3 is 2.21 bits per heavy atom. The lowest BCUT2D eigenvalue weighted by molar-refractivity contribution is -0.118. The Bertz CT molecular complexity index is 1210. The number of likely N-dealkylation sites (tertiary alicyclic amines) is 1. The zero-order valence-electron chi connectivity index (χ0n) is 23.1. The van der Waals surface area contributed by atoms with Crippen molar-refractivity contribution in [1.82, 2.24) is 20.3 Å². The molecule has 11 heteroatoms. The molecular formula is C28H40FN5O4S. The summed E-state index contributed by atoms with van der Waals surface area (Å²) in [7, 11) is -1.79. The van der Waals surface area contributed by atoms with Gasteiger partial charge in [-0.05, 0) is 115 Å². The summed E-state index contributed by atoms with van der Waals surface area (Å²) in [5, 5.41) is 8.79. The van der Waals surface area contributed by atoms with Crippen LogP contribution in [-0.2, 0) is 14.8 Å². The standard InChI is InChI=1S/C28H40FN5O4S/c1-28(2,3)33-39(37,38)24-11-9-23(10-12-24)31-27(36)25(32-26(35)21-5-7-22(29)8-6-21)19-20-13-16-34(17-14-20)18-15-30-4/h5-12,20,25,30,33H,13-19H2,1-4H3,(H,31,36)(H,32,35)/t25-/m0/s1. The number of carbonyl (C=O) groups is 2. The number of nitrogens with zero attached hydrogens (tertiary/aromatic N) is 1. The highest BCUT2D eigenvalue weighted by Gasteiger charge is 2.28. The van der Waals surface area contributed by atoms with E-state index >= 15 is 0 Å². The minimum absolute atomic E-state index is 0.0848. The van der Waals surface area contributed by atoms with E-state index < -0.39 is 39.2 Å². The predicted octanol–water partition coefficient (Wildman–Crippen LogP) is 2.96. The van der Waals surface area contributed by atoms with Crippen LogP contribution in [0.4, 0.5) is 10.1 Å². The summed E-state index contributed by atoms with van der Waals surface area (Å²) in [4.78, 5) is 28.7. The maximum Gasteiger partial charge on any atom is 0.251 e. The van der Waals surface area contributed by atoms with E-state index in [2.05, 4.69) is 25.6 Å². The molecule has 4 N–H and O–H groups in total.